The fourth-order valence-electron chi connectivity index (χ4n) is 2.34. The average molecular weight is 340 g/mol. The van der Waals surface area contributed by atoms with Gasteiger partial charge in [0.1, 0.15) is 4.88 Å². The first-order valence-electron chi connectivity index (χ1n) is 6.62. The summed E-state index contributed by atoms with van der Waals surface area (Å²) in [4.78, 5) is 19.2. The first kappa shape index (κ1) is 19.6. The zero-order valence-corrected chi connectivity index (χ0v) is 14.4. The summed E-state index contributed by atoms with van der Waals surface area (Å²) in [7, 11) is 0. The number of carbonyl (C=O) groups excluding carboxylic acids is 1. The molecule has 7 heteroatoms. The Kier molecular flexibility index (Phi) is 9.38. The number of halogens is 2. The van der Waals surface area contributed by atoms with Gasteiger partial charge in [-0.1, -0.05) is 6.92 Å². The van der Waals surface area contributed by atoms with Crippen molar-refractivity contribution in [3.05, 3.63) is 16.1 Å². The van der Waals surface area contributed by atoms with E-state index in [0.29, 0.717) is 0 Å². The third-order valence-corrected chi connectivity index (χ3v) is 4.44. The van der Waals surface area contributed by atoms with Crippen LogP contribution in [0.4, 0.5) is 0 Å². The number of hydrogen-bond acceptors (Lipinski definition) is 4. The summed E-state index contributed by atoms with van der Waals surface area (Å²) in [5.74, 6) is 0.883. The quantitative estimate of drug-likeness (QED) is 0.917. The largest absolute Gasteiger partial charge is 0.338 e. The van der Waals surface area contributed by atoms with Crippen LogP contribution < -0.4 is 5.32 Å². The Morgan fingerprint density at radius 2 is 2.10 bits per heavy atom. The molecular formula is C13H23Cl2N3OS. The lowest BCUT2D eigenvalue weighted by Gasteiger charge is -2.31. The number of thiazole rings is 1. The number of likely N-dealkylation sites (tertiary alicyclic amines) is 1. The number of aromatic nitrogens is 1. The molecule has 0 atom stereocenters. The minimum atomic E-state index is 0. The highest BCUT2D eigenvalue weighted by Gasteiger charge is 2.25. The zero-order valence-electron chi connectivity index (χ0n) is 11.9. The summed E-state index contributed by atoms with van der Waals surface area (Å²) in [6.07, 6.45) is 2.22. The second kappa shape index (κ2) is 9.55. The van der Waals surface area contributed by atoms with E-state index in [9.17, 15) is 4.79 Å². The number of hydrogen-bond donors (Lipinski definition) is 1. The number of nitrogens with one attached hydrogen (secondary N) is 1. The van der Waals surface area contributed by atoms with Gasteiger partial charge in [-0.05, 0) is 38.8 Å². The van der Waals surface area contributed by atoms with Crippen molar-refractivity contribution in [2.24, 2.45) is 5.92 Å². The Bertz CT molecular complexity index is 406. The highest BCUT2D eigenvalue weighted by atomic mass is 35.5. The molecule has 1 fully saturated rings. The van der Waals surface area contributed by atoms with E-state index in [1.54, 1.807) is 5.51 Å². The highest BCUT2D eigenvalue weighted by Crippen LogP contribution is 2.21. The van der Waals surface area contributed by atoms with Gasteiger partial charge in [-0.15, -0.1) is 36.2 Å². The Labute approximate surface area is 137 Å². The molecular weight excluding hydrogens is 317 g/mol. The number of amides is 1. The minimum Gasteiger partial charge on any atom is -0.338 e. The molecule has 1 N–H and O–H groups in total. The lowest BCUT2D eigenvalue weighted by Crippen LogP contribution is -2.40. The van der Waals surface area contributed by atoms with Gasteiger partial charge in [0.2, 0.25) is 0 Å². The molecule has 1 aromatic heterocycles. The molecule has 20 heavy (non-hydrogen) atoms. The van der Waals surface area contributed by atoms with Crippen LogP contribution in [0.3, 0.4) is 0 Å². The van der Waals surface area contributed by atoms with Gasteiger partial charge < -0.3 is 10.2 Å². The van der Waals surface area contributed by atoms with E-state index in [4.69, 9.17) is 0 Å². The summed E-state index contributed by atoms with van der Waals surface area (Å²) in [6, 6.07) is 0. The van der Waals surface area contributed by atoms with E-state index in [1.807, 2.05) is 11.8 Å². The van der Waals surface area contributed by atoms with Gasteiger partial charge >= 0.3 is 0 Å². The molecule has 0 aromatic carbocycles. The lowest BCUT2D eigenvalue weighted by atomic mass is 9.96. The lowest BCUT2D eigenvalue weighted by molar-refractivity contribution is 0.0694. The van der Waals surface area contributed by atoms with Gasteiger partial charge in [0.05, 0.1) is 11.2 Å². The summed E-state index contributed by atoms with van der Waals surface area (Å²) in [6.45, 7) is 7.91. The number of carbonyl (C=O) groups is 1. The predicted octanol–water partition coefficient (Wildman–Crippen LogP) is 2.76. The topological polar surface area (TPSA) is 45.2 Å². The van der Waals surface area contributed by atoms with E-state index in [0.717, 1.165) is 55.5 Å². The first-order chi connectivity index (χ1) is 8.72. The van der Waals surface area contributed by atoms with E-state index in [2.05, 4.69) is 17.2 Å². The predicted molar refractivity (Wildman–Crippen MR) is 88.5 cm³/mol. The number of rotatable bonds is 4. The SMILES string of the molecule is CCNCC1CCN(C(=O)c2scnc2C)CC1.Cl.Cl. The second-order valence-electron chi connectivity index (χ2n) is 4.81. The second-order valence-corrected chi connectivity index (χ2v) is 5.66. The number of piperidine rings is 1. The molecule has 1 saturated heterocycles. The summed E-state index contributed by atoms with van der Waals surface area (Å²) < 4.78 is 0. The highest BCUT2D eigenvalue weighted by molar-refractivity contribution is 7.11. The molecule has 2 heterocycles. The molecule has 0 aliphatic carbocycles. The molecule has 1 amide bonds. The van der Waals surface area contributed by atoms with Crippen molar-refractivity contribution in [1.29, 1.82) is 0 Å². The molecule has 1 aromatic rings. The third-order valence-electron chi connectivity index (χ3n) is 3.52. The standard InChI is InChI=1S/C13H21N3OS.2ClH/c1-3-14-8-11-4-6-16(7-5-11)13(17)12-10(2)15-9-18-12;;/h9,11,14H,3-8H2,1-2H3;2*1H. The molecule has 0 spiro atoms. The fraction of sp³-hybridized carbons (Fsp3) is 0.692. The summed E-state index contributed by atoms with van der Waals surface area (Å²) in [5.41, 5.74) is 2.61. The molecule has 1 aliphatic rings. The van der Waals surface area contributed by atoms with Crippen molar-refractivity contribution < 1.29 is 4.79 Å². The van der Waals surface area contributed by atoms with Crippen LogP contribution in [0.25, 0.3) is 0 Å². The van der Waals surface area contributed by atoms with Crippen LogP contribution in [0.2, 0.25) is 0 Å². The summed E-state index contributed by atoms with van der Waals surface area (Å²) >= 11 is 1.45. The summed E-state index contributed by atoms with van der Waals surface area (Å²) in [5, 5.41) is 3.39. The van der Waals surface area contributed by atoms with Crippen LogP contribution in [0.5, 0.6) is 0 Å². The average Bonchev–Trinajstić information content (AvgIpc) is 2.82. The third kappa shape index (κ3) is 4.88. The van der Waals surface area contributed by atoms with E-state index >= 15 is 0 Å². The smallest absolute Gasteiger partial charge is 0.265 e. The van der Waals surface area contributed by atoms with Crippen LogP contribution in [-0.4, -0.2) is 42.0 Å². The molecule has 0 bridgehead atoms. The van der Waals surface area contributed by atoms with Gasteiger partial charge in [0.25, 0.3) is 5.91 Å². The van der Waals surface area contributed by atoms with E-state index in [-0.39, 0.29) is 30.7 Å². The van der Waals surface area contributed by atoms with Crippen LogP contribution in [0.1, 0.15) is 35.1 Å². The van der Waals surface area contributed by atoms with Crippen LogP contribution in [0.15, 0.2) is 5.51 Å². The Morgan fingerprint density at radius 3 is 2.60 bits per heavy atom. The van der Waals surface area contributed by atoms with E-state index < -0.39 is 0 Å². The number of aryl methyl sites for hydroxylation is 1. The van der Waals surface area contributed by atoms with Gasteiger partial charge in [-0.25, -0.2) is 4.98 Å². The fourth-order valence-corrected chi connectivity index (χ4v) is 3.11. The number of nitrogens with zero attached hydrogens (tertiary/aromatic N) is 2. The molecule has 0 radical (unpaired) electrons. The van der Waals surface area contributed by atoms with Crippen molar-refractivity contribution in [2.45, 2.75) is 26.7 Å². The van der Waals surface area contributed by atoms with E-state index in [1.165, 1.54) is 11.3 Å². The Morgan fingerprint density at radius 1 is 1.45 bits per heavy atom. The zero-order chi connectivity index (χ0) is 13.0. The molecule has 0 unspecified atom stereocenters. The van der Waals surface area contributed by atoms with Crippen LogP contribution >= 0.6 is 36.2 Å². The minimum absolute atomic E-state index is 0. The maximum absolute atomic E-state index is 12.3. The molecule has 2 rings (SSSR count). The maximum atomic E-state index is 12.3. The normalized spacial score (nSPS) is 15.4. The molecule has 0 saturated carbocycles. The van der Waals surface area contributed by atoms with Crippen molar-refractivity contribution in [2.75, 3.05) is 26.2 Å². The van der Waals surface area contributed by atoms with Gasteiger partial charge in [0, 0.05) is 13.1 Å². The molecule has 4 nitrogen and oxygen atoms in total. The van der Waals surface area contributed by atoms with Crippen LogP contribution in [-0.2, 0) is 0 Å². The molecule has 1 aliphatic heterocycles. The Hall–Kier alpha value is -0.360. The van der Waals surface area contributed by atoms with Crippen molar-refractivity contribution in [1.82, 2.24) is 15.2 Å². The van der Waals surface area contributed by atoms with Gasteiger partial charge in [-0.3, -0.25) is 4.79 Å². The maximum Gasteiger partial charge on any atom is 0.265 e. The van der Waals surface area contributed by atoms with Gasteiger partial charge in [0.15, 0.2) is 0 Å². The van der Waals surface area contributed by atoms with Crippen molar-refractivity contribution >= 4 is 42.1 Å². The molecule has 116 valence electrons. The van der Waals surface area contributed by atoms with Crippen molar-refractivity contribution in [3.8, 4) is 0 Å². The monoisotopic (exact) mass is 339 g/mol. The van der Waals surface area contributed by atoms with Crippen molar-refractivity contribution in [3.63, 3.8) is 0 Å². The van der Waals surface area contributed by atoms with Crippen LogP contribution in [0, 0.1) is 12.8 Å². The Balaban J connectivity index is 0.00000180. The van der Waals surface area contributed by atoms with Gasteiger partial charge in [-0.2, -0.15) is 0 Å². The first-order valence-corrected chi connectivity index (χ1v) is 7.50.